The lowest BCUT2D eigenvalue weighted by Crippen LogP contribution is -2.29. The second kappa shape index (κ2) is 6.99. The van der Waals surface area contributed by atoms with Crippen LogP contribution in [0.1, 0.15) is 40.1 Å². The molecule has 1 unspecified atom stereocenters. The number of amides is 2. The van der Waals surface area contributed by atoms with Crippen LogP contribution in [0.4, 0.5) is 0 Å². The summed E-state index contributed by atoms with van der Waals surface area (Å²) in [7, 11) is -0.482. The number of fused-ring (bicyclic) bond motifs is 1. The van der Waals surface area contributed by atoms with Gasteiger partial charge in [-0.25, -0.2) is 0 Å². The highest BCUT2D eigenvalue weighted by Gasteiger charge is 2.34. The zero-order valence-electron chi connectivity index (χ0n) is 14.0. The van der Waals surface area contributed by atoms with Crippen molar-refractivity contribution >= 4 is 22.5 Å². The van der Waals surface area contributed by atoms with E-state index in [0.29, 0.717) is 11.1 Å². The number of rotatable bonds is 4. The van der Waals surface area contributed by atoms with Gasteiger partial charge in [0.25, 0.3) is 11.8 Å². The number of carbonyl (C=O) groups is 2. The van der Waals surface area contributed by atoms with Gasteiger partial charge >= 0.3 is 0 Å². The first-order chi connectivity index (χ1) is 12.0. The number of hydrogen-bond donors (Lipinski definition) is 0. The van der Waals surface area contributed by atoms with Crippen molar-refractivity contribution in [1.29, 1.82) is 5.26 Å². The van der Waals surface area contributed by atoms with Gasteiger partial charge in [-0.2, -0.15) is 5.26 Å². The van der Waals surface area contributed by atoms with Crippen molar-refractivity contribution < 1.29 is 9.59 Å². The zero-order chi connectivity index (χ0) is 18.0. The van der Waals surface area contributed by atoms with Crippen molar-refractivity contribution in [3.05, 3.63) is 65.2 Å². The zero-order valence-corrected chi connectivity index (χ0v) is 14.8. The van der Waals surface area contributed by atoms with Crippen LogP contribution in [0.2, 0.25) is 0 Å². The molecule has 1 heterocycles. The molecule has 2 aromatic carbocycles. The van der Waals surface area contributed by atoms with E-state index in [4.69, 9.17) is 5.26 Å². The number of nitriles is 1. The molecule has 0 bridgehead atoms. The third-order valence-electron chi connectivity index (χ3n) is 3.97. The fourth-order valence-electron chi connectivity index (χ4n) is 2.77. The van der Waals surface area contributed by atoms with Gasteiger partial charge in [0, 0.05) is 10.1 Å². The fraction of sp³-hybridized carbons (Fsp3) is 0.211. The van der Waals surface area contributed by atoms with E-state index in [1.807, 2.05) is 44.3 Å². The van der Waals surface area contributed by atoms with Gasteiger partial charge in [0.05, 0.1) is 17.7 Å². The lowest BCUT2D eigenvalue weighted by Gasteiger charge is -2.15. The van der Waals surface area contributed by atoms with Gasteiger partial charge in [0.1, 0.15) is 0 Å². The van der Waals surface area contributed by atoms with Crippen molar-refractivity contribution in [2.45, 2.75) is 30.5 Å². The summed E-state index contributed by atoms with van der Waals surface area (Å²) in [5.41, 5.74) is 1.78. The Bertz CT molecular complexity index is 876. The Morgan fingerprint density at radius 1 is 1.04 bits per heavy atom. The maximum Gasteiger partial charge on any atom is 0.261 e. The van der Waals surface area contributed by atoms with Crippen LogP contribution in [0.5, 0.6) is 0 Å². The predicted molar refractivity (Wildman–Crippen MR) is 95.9 cm³/mol. The quantitative estimate of drug-likeness (QED) is 0.625. The van der Waals surface area contributed by atoms with E-state index < -0.39 is 10.7 Å². The Morgan fingerprint density at radius 3 is 2.08 bits per heavy atom. The van der Waals surface area contributed by atoms with Crippen molar-refractivity contribution in [1.82, 2.24) is 4.90 Å². The first-order valence-electron chi connectivity index (χ1n) is 7.90. The number of benzene rings is 2. The van der Waals surface area contributed by atoms with E-state index in [9.17, 15) is 9.59 Å². The first-order valence-corrected chi connectivity index (χ1v) is 9.14. The molecule has 0 aromatic heterocycles. The fourth-order valence-corrected chi connectivity index (χ4v) is 4.14. The van der Waals surface area contributed by atoms with Crippen molar-refractivity contribution in [3.63, 3.8) is 0 Å². The van der Waals surface area contributed by atoms with Gasteiger partial charge in [-0.3, -0.25) is 14.5 Å². The van der Waals surface area contributed by atoms with E-state index in [2.05, 4.69) is 4.36 Å². The standard InChI is InChI=1S/C19H17N3O2S/c1-13(2)25(21-12-20)15-9-7-14(8-10-15)11-22-18(23)16-5-3-4-6-17(16)19(22)24/h3-10,13H,11H2,1-2H3. The topological polar surface area (TPSA) is 73.5 Å². The van der Waals surface area contributed by atoms with E-state index in [1.54, 1.807) is 24.3 Å². The Kier molecular flexibility index (Phi) is 4.77. The molecule has 0 saturated heterocycles. The molecule has 0 N–H and O–H groups in total. The number of carbonyl (C=O) groups excluding carboxylic acids is 2. The Hall–Kier alpha value is -2.78. The SMILES string of the molecule is CC(C)/S(=N\C#N)c1ccc(CN2C(=O)c3ccccc3C2=O)cc1. The smallest absolute Gasteiger partial charge is 0.261 e. The van der Waals surface area contributed by atoms with E-state index in [0.717, 1.165) is 10.5 Å². The van der Waals surface area contributed by atoms with Gasteiger partial charge in [0.2, 0.25) is 6.19 Å². The summed E-state index contributed by atoms with van der Waals surface area (Å²) in [5.74, 6) is -0.517. The van der Waals surface area contributed by atoms with E-state index in [1.165, 1.54) is 4.90 Å². The van der Waals surface area contributed by atoms with Crippen LogP contribution in [0.25, 0.3) is 0 Å². The van der Waals surface area contributed by atoms with Gasteiger partial charge in [0.15, 0.2) is 0 Å². The van der Waals surface area contributed by atoms with Crippen LogP contribution in [0, 0.1) is 11.5 Å². The molecule has 5 nitrogen and oxygen atoms in total. The molecule has 0 spiro atoms. The molecule has 6 heteroatoms. The molecule has 1 atom stereocenters. The summed E-state index contributed by atoms with van der Waals surface area (Å²) >= 11 is 0. The Morgan fingerprint density at radius 2 is 1.60 bits per heavy atom. The van der Waals surface area contributed by atoms with Crippen LogP contribution in [-0.2, 0) is 17.2 Å². The van der Waals surface area contributed by atoms with Gasteiger partial charge in [-0.15, -0.1) is 4.36 Å². The highest BCUT2D eigenvalue weighted by Crippen LogP contribution is 2.24. The highest BCUT2D eigenvalue weighted by molar-refractivity contribution is 7.88. The maximum absolute atomic E-state index is 12.4. The Balaban J connectivity index is 1.82. The second-order valence-corrected chi connectivity index (χ2v) is 8.17. The van der Waals surface area contributed by atoms with Crippen molar-refractivity contribution in [3.8, 4) is 6.19 Å². The van der Waals surface area contributed by atoms with Crippen molar-refractivity contribution in [2.24, 2.45) is 4.36 Å². The van der Waals surface area contributed by atoms with E-state index >= 15 is 0 Å². The second-order valence-electron chi connectivity index (χ2n) is 5.94. The van der Waals surface area contributed by atoms with Gasteiger partial charge in [-0.1, -0.05) is 38.1 Å². The normalized spacial score (nSPS) is 14.7. The average Bonchev–Trinajstić information content (AvgIpc) is 2.86. The van der Waals surface area contributed by atoms with E-state index in [-0.39, 0.29) is 23.6 Å². The molecule has 1 aliphatic rings. The summed E-state index contributed by atoms with van der Waals surface area (Å²) in [6.45, 7) is 4.28. The molecule has 2 amide bonds. The minimum Gasteiger partial charge on any atom is -0.270 e. The minimum absolute atomic E-state index is 0.234. The van der Waals surface area contributed by atoms with Crippen LogP contribution >= 0.6 is 0 Å². The number of nitrogens with zero attached hydrogens (tertiary/aromatic N) is 3. The first kappa shape index (κ1) is 17.1. The predicted octanol–water partition coefficient (Wildman–Crippen LogP) is 3.53. The molecular formula is C19H17N3O2S. The molecular weight excluding hydrogens is 334 g/mol. The molecule has 25 heavy (non-hydrogen) atoms. The lowest BCUT2D eigenvalue weighted by atomic mass is 10.1. The van der Waals surface area contributed by atoms with Gasteiger partial charge < -0.3 is 0 Å². The molecule has 2 aromatic rings. The number of imide groups is 1. The summed E-state index contributed by atoms with van der Waals surface area (Å²) in [6, 6.07) is 14.5. The van der Waals surface area contributed by atoms with Gasteiger partial charge in [-0.05, 0) is 40.5 Å². The third kappa shape index (κ3) is 3.24. The molecule has 0 radical (unpaired) electrons. The minimum atomic E-state index is -0.482. The summed E-state index contributed by atoms with van der Waals surface area (Å²) < 4.78 is 3.99. The van der Waals surface area contributed by atoms with Crippen LogP contribution in [-0.4, -0.2) is 22.0 Å². The Labute approximate surface area is 149 Å². The summed E-state index contributed by atoms with van der Waals surface area (Å²) in [6.07, 6.45) is 1.88. The third-order valence-corrected chi connectivity index (χ3v) is 5.90. The van der Waals surface area contributed by atoms with Crippen LogP contribution < -0.4 is 0 Å². The molecule has 0 saturated carbocycles. The molecule has 3 rings (SSSR count). The highest BCUT2D eigenvalue weighted by atomic mass is 32.2. The monoisotopic (exact) mass is 351 g/mol. The van der Waals surface area contributed by atoms with Crippen molar-refractivity contribution in [2.75, 3.05) is 0 Å². The lowest BCUT2D eigenvalue weighted by molar-refractivity contribution is 0.0642. The van der Waals surface area contributed by atoms with Crippen LogP contribution in [0.15, 0.2) is 57.8 Å². The largest absolute Gasteiger partial charge is 0.270 e. The van der Waals surface area contributed by atoms with Crippen LogP contribution in [0.3, 0.4) is 0 Å². The summed E-state index contributed by atoms with van der Waals surface area (Å²) in [5, 5.41) is 9.08. The number of hydrogen-bond acceptors (Lipinski definition) is 4. The summed E-state index contributed by atoms with van der Waals surface area (Å²) in [4.78, 5) is 27.1. The molecule has 126 valence electrons. The molecule has 0 fully saturated rings. The molecule has 0 aliphatic carbocycles. The maximum atomic E-state index is 12.4. The molecule has 1 aliphatic heterocycles. The average molecular weight is 351 g/mol.